The molecule has 0 aliphatic carbocycles. The van der Waals surface area contributed by atoms with Crippen molar-refractivity contribution >= 4 is 11.9 Å². The van der Waals surface area contributed by atoms with E-state index in [-0.39, 0.29) is 18.5 Å². The summed E-state index contributed by atoms with van der Waals surface area (Å²) < 4.78 is 5.52. The van der Waals surface area contributed by atoms with Crippen LogP contribution in [0.5, 0.6) is 0 Å². The molecule has 0 saturated carbocycles. The van der Waals surface area contributed by atoms with Crippen molar-refractivity contribution in [2.45, 2.75) is 495 Å². The Morgan fingerprint density at radius 3 is 0.780 bits per heavy atom. The standard InChI is InChI=1S/C85H165NO5/c1-3-5-7-9-11-13-15-17-19-21-23-24-25-33-36-39-42-45-49-53-57-61-65-69-73-77-83(88)82(81-87)86-84(89)78-74-70-66-62-58-54-50-46-43-40-37-34-31-29-27-26-28-30-32-35-38-41-44-48-52-56-60-64-68-72-76-80-91-85(90)79-75-71-67-63-59-55-51-47-22-20-18-16-14-12-10-8-6-4-2/h28,30,73,77,82-83,87-88H,3-27,29,31-72,74-76,78-81H2,1-2H3,(H,86,89)/b30-28-,77-73+. The summed E-state index contributed by atoms with van der Waals surface area (Å²) in [6.07, 6.45) is 105. The first-order valence-electron chi connectivity index (χ1n) is 42.1. The summed E-state index contributed by atoms with van der Waals surface area (Å²) >= 11 is 0. The number of unbranched alkanes of at least 4 members (excludes halogenated alkanes) is 67. The Labute approximate surface area is 571 Å². The summed E-state index contributed by atoms with van der Waals surface area (Å²) in [5.74, 6) is -0.0370. The van der Waals surface area contributed by atoms with Crippen molar-refractivity contribution in [2.24, 2.45) is 0 Å². The summed E-state index contributed by atoms with van der Waals surface area (Å²) in [6.45, 7) is 4.97. The minimum Gasteiger partial charge on any atom is -0.466 e. The molecule has 6 nitrogen and oxygen atoms in total. The predicted molar refractivity (Wildman–Crippen MR) is 403 cm³/mol. The number of carbonyl (C=O) groups is 2. The van der Waals surface area contributed by atoms with Gasteiger partial charge >= 0.3 is 5.97 Å². The van der Waals surface area contributed by atoms with E-state index in [1.165, 1.54) is 417 Å². The SMILES string of the molecule is CCCCCCCCCCCCCCCCCCCCCCCCC/C=C/C(O)C(CO)NC(=O)CCCCCCCCCCCCCCCCC/C=C\CCCCCCCCCCCCCCOC(=O)CCCCCCCCCCCCCCCCCCCC. The average molecular weight is 1280 g/mol. The first-order chi connectivity index (χ1) is 45.0. The molecule has 0 aliphatic heterocycles. The van der Waals surface area contributed by atoms with Crippen molar-refractivity contribution < 1.29 is 24.5 Å². The van der Waals surface area contributed by atoms with E-state index in [9.17, 15) is 19.8 Å². The van der Waals surface area contributed by atoms with Gasteiger partial charge in [-0.2, -0.15) is 0 Å². The average Bonchev–Trinajstić information content (AvgIpc) is 3.64. The zero-order chi connectivity index (χ0) is 65.6. The van der Waals surface area contributed by atoms with Gasteiger partial charge in [0.2, 0.25) is 5.91 Å². The monoisotopic (exact) mass is 1280 g/mol. The van der Waals surface area contributed by atoms with Crippen LogP contribution in [-0.4, -0.2) is 47.4 Å². The maximum atomic E-state index is 12.6. The number of aliphatic hydroxyl groups is 2. The van der Waals surface area contributed by atoms with E-state index in [4.69, 9.17) is 4.74 Å². The fraction of sp³-hybridized carbons (Fsp3) is 0.929. The number of hydrogen-bond donors (Lipinski definition) is 3. The Bertz CT molecular complexity index is 1430. The number of ether oxygens (including phenoxy) is 1. The van der Waals surface area contributed by atoms with Crippen LogP contribution in [0.3, 0.4) is 0 Å². The molecule has 91 heavy (non-hydrogen) atoms. The lowest BCUT2D eigenvalue weighted by atomic mass is 10.0. The number of esters is 1. The Kier molecular flexibility index (Phi) is 79.3. The van der Waals surface area contributed by atoms with Gasteiger partial charge in [-0.1, -0.05) is 436 Å². The lowest BCUT2D eigenvalue weighted by Crippen LogP contribution is -2.45. The molecule has 540 valence electrons. The fourth-order valence-electron chi connectivity index (χ4n) is 13.6. The third-order valence-corrected chi connectivity index (χ3v) is 20.0. The number of rotatable bonds is 80. The molecular formula is C85H165NO5. The molecule has 0 saturated heterocycles. The second kappa shape index (κ2) is 80.8. The van der Waals surface area contributed by atoms with Gasteiger partial charge in [0.25, 0.3) is 0 Å². The number of hydrogen-bond acceptors (Lipinski definition) is 5. The highest BCUT2D eigenvalue weighted by atomic mass is 16.5. The smallest absolute Gasteiger partial charge is 0.305 e. The highest BCUT2D eigenvalue weighted by Gasteiger charge is 2.18. The highest BCUT2D eigenvalue weighted by Crippen LogP contribution is 2.20. The van der Waals surface area contributed by atoms with E-state index in [1.807, 2.05) is 6.08 Å². The number of allylic oxidation sites excluding steroid dienone is 3. The molecular weight excluding hydrogens is 1110 g/mol. The molecule has 0 aromatic carbocycles. The van der Waals surface area contributed by atoms with Crippen molar-refractivity contribution in [3.63, 3.8) is 0 Å². The third-order valence-electron chi connectivity index (χ3n) is 20.0. The molecule has 6 heteroatoms. The Morgan fingerprint density at radius 1 is 0.297 bits per heavy atom. The molecule has 0 aromatic rings. The predicted octanol–water partition coefficient (Wildman–Crippen LogP) is 28.0. The summed E-state index contributed by atoms with van der Waals surface area (Å²) in [4.78, 5) is 24.7. The lowest BCUT2D eigenvalue weighted by molar-refractivity contribution is -0.143. The molecule has 0 rings (SSSR count). The van der Waals surface area contributed by atoms with Gasteiger partial charge < -0.3 is 20.3 Å². The number of nitrogens with one attached hydrogen (secondary N) is 1. The fourth-order valence-corrected chi connectivity index (χ4v) is 13.6. The van der Waals surface area contributed by atoms with Crippen LogP contribution >= 0.6 is 0 Å². The van der Waals surface area contributed by atoms with Gasteiger partial charge in [0, 0.05) is 12.8 Å². The first kappa shape index (κ1) is 89.3. The van der Waals surface area contributed by atoms with Gasteiger partial charge in [-0.25, -0.2) is 0 Å². The zero-order valence-electron chi connectivity index (χ0n) is 62.1. The van der Waals surface area contributed by atoms with Crippen LogP contribution in [-0.2, 0) is 14.3 Å². The molecule has 0 spiro atoms. The maximum Gasteiger partial charge on any atom is 0.305 e. The summed E-state index contributed by atoms with van der Waals surface area (Å²) in [6, 6.07) is -0.628. The van der Waals surface area contributed by atoms with Gasteiger partial charge in [0.1, 0.15) is 0 Å². The van der Waals surface area contributed by atoms with E-state index in [1.54, 1.807) is 6.08 Å². The molecule has 2 unspecified atom stereocenters. The third kappa shape index (κ3) is 77.2. The van der Waals surface area contributed by atoms with Crippen molar-refractivity contribution in [1.82, 2.24) is 5.32 Å². The number of amides is 1. The molecule has 3 N–H and O–H groups in total. The minimum atomic E-state index is -0.845. The minimum absolute atomic E-state index is 0.0231. The van der Waals surface area contributed by atoms with Crippen LogP contribution in [0.1, 0.15) is 483 Å². The van der Waals surface area contributed by atoms with Crippen LogP contribution in [0, 0.1) is 0 Å². The summed E-state index contributed by atoms with van der Waals surface area (Å²) in [5, 5.41) is 23.3. The van der Waals surface area contributed by atoms with Crippen molar-refractivity contribution in [3.05, 3.63) is 24.3 Å². The van der Waals surface area contributed by atoms with Crippen LogP contribution < -0.4 is 5.32 Å². The van der Waals surface area contributed by atoms with Gasteiger partial charge in [-0.15, -0.1) is 0 Å². The molecule has 0 bridgehead atoms. The van der Waals surface area contributed by atoms with Gasteiger partial charge in [0.15, 0.2) is 0 Å². The molecule has 0 heterocycles. The quantitative estimate of drug-likeness (QED) is 0.0320. The molecule has 2 atom stereocenters. The largest absolute Gasteiger partial charge is 0.466 e. The van der Waals surface area contributed by atoms with Gasteiger partial charge in [0.05, 0.1) is 25.4 Å². The van der Waals surface area contributed by atoms with E-state index in [0.717, 1.165) is 38.5 Å². The van der Waals surface area contributed by atoms with E-state index >= 15 is 0 Å². The van der Waals surface area contributed by atoms with Crippen LogP contribution in [0.15, 0.2) is 24.3 Å². The lowest BCUT2D eigenvalue weighted by Gasteiger charge is -2.20. The second-order valence-corrected chi connectivity index (χ2v) is 29.2. The molecule has 1 amide bonds. The van der Waals surface area contributed by atoms with Crippen LogP contribution in [0.2, 0.25) is 0 Å². The highest BCUT2D eigenvalue weighted by molar-refractivity contribution is 5.76. The van der Waals surface area contributed by atoms with Crippen LogP contribution in [0.4, 0.5) is 0 Å². The van der Waals surface area contributed by atoms with E-state index in [2.05, 4.69) is 31.3 Å². The maximum absolute atomic E-state index is 12.6. The van der Waals surface area contributed by atoms with Crippen LogP contribution in [0.25, 0.3) is 0 Å². The molecule has 0 aliphatic rings. The first-order valence-corrected chi connectivity index (χ1v) is 42.1. The zero-order valence-corrected chi connectivity index (χ0v) is 62.1. The van der Waals surface area contributed by atoms with Crippen molar-refractivity contribution in [2.75, 3.05) is 13.2 Å². The topological polar surface area (TPSA) is 95.9 Å². The number of carbonyl (C=O) groups excluding carboxylic acids is 2. The Hall–Kier alpha value is -1.66. The second-order valence-electron chi connectivity index (χ2n) is 29.2. The normalized spacial score (nSPS) is 12.5. The van der Waals surface area contributed by atoms with Gasteiger partial charge in [-0.3, -0.25) is 9.59 Å². The summed E-state index contributed by atoms with van der Waals surface area (Å²) in [5.41, 5.74) is 0. The van der Waals surface area contributed by atoms with E-state index in [0.29, 0.717) is 19.4 Å². The van der Waals surface area contributed by atoms with Crippen molar-refractivity contribution in [3.8, 4) is 0 Å². The van der Waals surface area contributed by atoms with Gasteiger partial charge in [-0.05, 0) is 57.8 Å². The molecule has 0 radical (unpaired) electrons. The summed E-state index contributed by atoms with van der Waals surface area (Å²) in [7, 11) is 0. The van der Waals surface area contributed by atoms with E-state index < -0.39 is 12.1 Å². The Morgan fingerprint density at radius 2 is 0.516 bits per heavy atom. The molecule has 0 fully saturated rings. The number of aliphatic hydroxyl groups excluding tert-OH is 2. The Balaban J connectivity index is 3.37. The molecule has 0 aromatic heterocycles. The van der Waals surface area contributed by atoms with Crippen molar-refractivity contribution in [1.29, 1.82) is 0 Å².